The standard InChI is InChI=1S/C33H33NO4/c1-2-21-36-30-16-13-26(14-17-30)23-33(35)34-20-19-27-15-18-31(37-24-28-9-5-3-6-10-28)32(22-27)38-25-29-11-7-4-8-12-29/h2-18,22H,1,19-21,23-25H2,(H,34,35). The van der Waals surface area contributed by atoms with Gasteiger partial charge in [0.25, 0.3) is 0 Å². The van der Waals surface area contributed by atoms with Crippen LogP contribution in [0.4, 0.5) is 0 Å². The lowest BCUT2D eigenvalue weighted by molar-refractivity contribution is -0.120. The maximum atomic E-state index is 12.5. The summed E-state index contributed by atoms with van der Waals surface area (Å²) in [5.74, 6) is 2.12. The van der Waals surface area contributed by atoms with Gasteiger partial charge in [-0.05, 0) is 52.9 Å². The third kappa shape index (κ3) is 8.56. The van der Waals surface area contributed by atoms with Crippen molar-refractivity contribution in [1.82, 2.24) is 5.32 Å². The van der Waals surface area contributed by atoms with Crippen LogP contribution in [0, 0.1) is 0 Å². The van der Waals surface area contributed by atoms with E-state index in [-0.39, 0.29) is 5.91 Å². The van der Waals surface area contributed by atoms with E-state index in [1.165, 1.54) is 0 Å². The molecule has 0 atom stereocenters. The van der Waals surface area contributed by atoms with Crippen molar-refractivity contribution in [3.63, 3.8) is 0 Å². The number of hydrogen-bond acceptors (Lipinski definition) is 4. The van der Waals surface area contributed by atoms with E-state index in [1.807, 2.05) is 103 Å². The first-order valence-corrected chi connectivity index (χ1v) is 12.8. The first kappa shape index (κ1) is 26.6. The van der Waals surface area contributed by atoms with Gasteiger partial charge in [0.1, 0.15) is 25.6 Å². The molecular weight excluding hydrogens is 474 g/mol. The van der Waals surface area contributed by atoms with Crippen LogP contribution >= 0.6 is 0 Å². The van der Waals surface area contributed by atoms with Crippen molar-refractivity contribution in [2.24, 2.45) is 0 Å². The quantitative estimate of drug-likeness (QED) is 0.203. The van der Waals surface area contributed by atoms with Crippen LogP contribution in [0.25, 0.3) is 0 Å². The number of hydrogen-bond donors (Lipinski definition) is 1. The molecule has 194 valence electrons. The Hall–Kier alpha value is -4.51. The summed E-state index contributed by atoms with van der Waals surface area (Å²) in [4.78, 5) is 12.5. The van der Waals surface area contributed by atoms with Gasteiger partial charge in [0.2, 0.25) is 5.91 Å². The van der Waals surface area contributed by atoms with Crippen LogP contribution in [-0.4, -0.2) is 19.1 Å². The van der Waals surface area contributed by atoms with E-state index in [9.17, 15) is 4.79 Å². The van der Waals surface area contributed by atoms with Gasteiger partial charge in [-0.1, -0.05) is 91.5 Å². The Kier molecular flexibility index (Phi) is 9.98. The molecule has 0 fully saturated rings. The molecule has 0 heterocycles. The van der Waals surface area contributed by atoms with Crippen molar-refractivity contribution in [1.29, 1.82) is 0 Å². The molecule has 0 unspecified atom stereocenters. The Labute approximate surface area is 224 Å². The van der Waals surface area contributed by atoms with E-state index >= 15 is 0 Å². The van der Waals surface area contributed by atoms with Gasteiger partial charge < -0.3 is 19.5 Å². The summed E-state index contributed by atoms with van der Waals surface area (Å²) in [5.41, 5.74) is 4.17. The molecule has 5 nitrogen and oxygen atoms in total. The summed E-state index contributed by atoms with van der Waals surface area (Å²) in [6, 6.07) is 33.6. The molecule has 0 aliphatic rings. The number of ether oxygens (including phenoxy) is 3. The van der Waals surface area contributed by atoms with E-state index in [2.05, 4.69) is 11.9 Å². The highest BCUT2D eigenvalue weighted by Gasteiger charge is 2.10. The summed E-state index contributed by atoms with van der Waals surface area (Å²) in [7, 11) is 0. The van der Waals surface area contributed by atoms with Gasteiger partial charge in [-0.2, -0.15) is 0 Å². The highest BCUT2D eigenvalue weighted by Crippen LogP contribution is 2.30. The van der Waals surface area contributed by atoms with Crippen LogP contribution in [-0.2, 0) is 30.8 Å². The predicted molar refractivity (Wildman–Crippen MR) is 151 cm³/mol. The lowest BCUT2D eigenvalue weighted by Crippen LogP contribution is -2.27. The van der Waals surface area contributed by atoms with Crippen LogP contribution in [0.3, 0.4) is 0 Å². The number of carbonyl (C=O) groups is 1. The molecule has 0 bridgehead atoms. The number of carbonyl (C=O) groups excluding carboxylic acids is 1. The Morgan fingerprint density at radius 2 is 1.29 bits per heavy atom. The lowest BCUT2D eigenvalue weighted by atomic mass is 10.1. The van der Waals surface area contributed by atoms with Gasteiger partial charge >= 0.3 is 0 Å². The molecule has 0 aliphatic heterocycles. The molecule has 4 aromatic rings. The third-order valence-electron chi connectivity index (χ3n) is 5.87. The van der Waals surface area contributed by atoms with Crippen molar-refractivity contribution in [2.45, 2.75) is 26.1 Å². The van der Waals surface area contributed by atoms with Gasteiger partial charge in [-0.3, -0.25) is 4.79 Å². The maximum absolute atomic E-state index is 12.5. The first-order chi connectivity index (χ1) is 18.7. The molecule has 0 aromatic heterocycles. The molecule has 0 radical (unpaired) electrons. The lowest BCUT2D eigenvalue weighted by Gasteiger charge is -2.15. The molecule has 4 rings (SSSR count). The maximum Gasteiger partial charge on any atom is 0.224 e. The predicted octanol–water partition coefficient (Wildman–Crippen LogP) is 6.31. The largest absolute Gasteiger partial charge is 0.490 e. The summed E-state index contributed by atoms with van der Waals surface area (Å²) >= 11 is 0. The summed E-state index contributed by atoms with van der Waals surface area (Å²) in [6.07, 6.45) is 2.70. The highest BCUT2D eigenvalue weighted by molar-refractivity contribution is 5.78. The molecule has 0 saturated carbocycles. The Bertz CT molecular complexity index is 1290. The third-order valence-corrected chi connectivity index (χ3v) is 5.87. The summed E-state index contributed by atoms with van der Waals surface area (Å²) in [5, 5.41) is 3.01. The molecule has 0 spiro atoms. The van der Waals surface area contributed by atoms with Gasteiger partial charge in [-0.15, -0.1) is 0 Å². The summed E-state index contributed by atoms with van der Waals surface area (Å²) < 4.78 is 17.8. The summed E-state index contributed by atoms with van der Waals surface area (Å²) in [6.45, 7) is 5.53. The molecule has 0 aliphatic carbocycles. The minimum Gasteiger partial charge on any atom is -0.490 e. The minimum atomic E-state index is -0.0203. The van der Waals surface area contributed by atoms with Crippen LogP contribution in [0.2, 0.25) is 0 Å². The second kappa shape index (κ2) is 14.3. The fourth-order valence-corrected chi connectivity index (χ4v) is 3.86. The van der Waals surface area contributed by atoms with Crippen LogP contribution in [0.5, 0.6) is 17.2 Å². The number of nitrogens with one attached hydrogen (secondary N) is 1. The highest BCUT2D eigenvalue weighted by atomic mass is 16.5. The zero-order valence-electron chi connectivity index (χ0n) is 21.5. The fraction of sp³-hybridized carbons (Fsp3) is 0.182. The van der Waals surface area contributed by atoms with E-state index in [4.69, 9.17) is 14.2 Å². The van der Waals surface area contributed by atoms with Gasteiger partial charge in [0.15, 0.2) is 11.5 Å². The van der Waals surface area contributed by atoms with Gasteiger partial charge in [0, 0.05) is 6.54 Å². The van der Waals surface area contributed by atoms with Crippen molar-refractivity contribution in [2.75, 3.05) is 13.2 Å². The fourth-order valence-electron chi connectivity index (χ4n) is 3.86. The molecule has 4 aromatic carbocycles. The average Bonchev–Trinajstić information content (AvgIpc) is 2.96. The number of amides is 1. The Morgan fingerprint density at radius 1 is 0.684 bits per heavy atom. The first-order valence-electron chi connectivity index (χ1n) is 12.8. The second-order valence-electron chi connectivity index (χ2n) is 8.85. The molecule has 1 N–H and O–H groups in total. The van der Waals surface area contributed by atoms with Crippen LogP contribution in [0.1, 0.15) is 22.3 Å². The monoisotopic (exact) mass is 507 g/mol. The SMILES string of the molecule is C=CCOc1ccc(CC(=O)NCCc2ccc(OCc3ccccc3)c(OCc3ccccc3)c2)cc1. The Balaban J connectivity index is 1.33. The normalized spacial score (nSPS) is 10.4. The Morgan fingerprint density at radius 3 is 1.92 bits per heavy atom. The van der Waals surface area contributed by atoms with E-state index in [0.717, 1.165) is 28.0 Å². The molecule has 38 heavy (non-hydrogen) atoms. The molecule has 5 heteroatoms. The van der Waals surface area contributed by atoms with E-state index in [0.29, 0.717) is 50.7 Å². The van der Waals surface area contributed by atoms with Crippen LogP contribution in [0.15, 0.2) is 116 Å². The smallest absolute Gasteiger partial charge is 0.224 e. The van der Waals surface area contributed by atoms with Crippen molar-refractivity contribution in [3.05, 3.63) is 138 Å². The van der Waals surface area contributed by atoms with Crippen molar-refractivity contribution >= 4 is 5.91 Å². The average molecular weight is 508 g/mol. The van der Waals surface area contributed by atoms with Crippen LogP contribution < -0.4 is 19.5 Å². The topological polar surface area (TPSA) is 56.8 Å². The molecular formula is C33H33NO4. The molecule has 0 saturated heterocycles. The van der Waals surface area contributed by atoms with Crippen molar-refractivity contribution in [3.8, 4) is 17.2 Å². The van der Waals surface area contributed by atoms with E-state index < -0.39 is 0 Å². The van der Waals surface area contributed by atoms with E-state index in [1.54, 1.807) is 6.08 Å². The van der Waals surface area contributed by atoms with Crippen molar-refractivity contribution < 1.29 is 19.0 Å². The zero-order valence-corrected chi connectivity index (χ0v) is 21.5. The molecule has 1 amide bonds. The number of benzene rings is 4. The minimum absolute atomic E-state index is 0.0203. The number of rotatable bonds is 14. The second-order valence-corrected chi connectivity index (χ2v) is 8.85. The van der Waals surface area contributed by atoms with Gasteiger partial charge in [-0.25, -0.2) is 0 Å². The zero-order chi connectivity index (χ0) is 26.4. The van der Waals surface area contributed by atoms with Gasteiger partial charge in [0.05, 0.1) is 6.42 Å².